The average Bonchev–Trinajstić information content (AvgIpc) is 3.75. The van der Waals surface area contributed by atoms with Crippen LogP contribution in [0.4, 0.5) is 5.82 Å². The summed E-state index contributed by atoms with van der Waals surface area (Å²) in [7, 11) is -19.4. The van der Waals surface area contributed by atoms with Crippen LogP contribution in [0.5, 0.6) is 0 Å². The van der Waals surface area contributed by atoms with Gasteiger partial charge in [0.25, 0.3) is 5.66 Å². The number of nitrogens with zero attached hydrogens (tertiary/aromatic N) is 4. The number of hydrogen-bond acceptors (Lipinski definition) is 23. The van der Waals surface area contributed by atoms with Crippen LogP contribution < -0.4 is 21.3 Å². The number of carboxylic acids is 1. The molecule has 4 unspecified atom stereocenters. The summed E-state index contributed by atoms with van der Waals surface area (Å²) in [6, 6.07) is 0. The number of aliphatic hydroxyl groups is 4. The van der Waals surface area contributed by atoms with Gasteiger partial charge in [0.05, 0.1) is 19.5 Å². The SMILES string of the molecule is CC(C)(COP(=O)(O)OP(=O)(O)OC[C@H]1O[C@@H](n2cnc3c(N)ncnc32)[C@H](O)[C@@H]1OP(=O)(O)O)[C@@H](O)C(=O)NCCC(=O)NCCSC(=O)CCCO.O=C(O)C(CCO)[P+](=O)[O-]. The molecule has 2 aromatic heterocycles. The lowest BCUT2D eigenvalue weighted by Gasteiger charge is -2.30. The minimum Gasteiger partial charge on any atom is -0.595 e. The molecule has 0 spiro atoms. The fourth-order valence-corrected chi connectivity index (χ4v) is 9.09. The van der Waals surface area contributed by atoms with Crippen LogP contribution in [0.3, 0.4) is 0 Å². The van der Waals surface area contributed by atoms with Crippen molar-refractivity contribution in [1.82, 2.24) is 30.2 Å². The number of amides is 2. The van der Waals surface area contributed by atoms with Crippen molar-refractivity contribution >= 4 is 83.1 Å². The second-order valence-electron chi connectivity index (χ2n) is 13.8. The maximum absolute atomic E-state index is 12.6. The molecule has 35 heteroatoms. The standard InChI is InChI=1S/C25H42N7O18P3S.C4H7O5P/c1-25(2,20(37)23(38)28-6-5-15(34)27-7-9-54-16(35)4-3-8-33)11-47-53(44,45)50-52(42,43)46-10-14-19(49-51(39,40)41)18(36)24(48-14)32-13-31-17-21(26)29-12-30-22(17)32;5-2-1-3(4(6)7)10(8)9/h12-14,18-20,24,33,36-37H,3-11H2,1-2H3,(H,27,34)(H,28,38)(H,42,43)(H,44,45)(H2,26,29,30)(H2,39,40,41);3,5H,1-2H2,(H,6,7)/t14-,18-,19-,20+,24-;/m1./s1. The summed E-state index contributed by atoms with van der Waals surface area (Å²) in [5.41, 5.74) is 2.79. The molecule has 30 nitrogen and oxygen atoms in total. The zero-order chi connectivity index (χ0) is 48.6. The smallest absolute Gasteiger partial charge is 0.481 e. The third-order valence-electron chi connectivity index (χ3n) is 8.25. The summed E-state index contributed by atoms with van der Waals surface area (Å²) in [5.74, 6) is -2.61. The van der Waals surface area contributed by atoms with Crippen LogP contribution in [0.1, 0.15) is 45.8 Å². The number of rotatable bonds is 26. The van der Waals surface area contributed by atoms with Crippen molar-refractivity contribution in [2.24, 2.45) is 5.41 Å². The van der Waals surface area contributed by atoms with Crippen LogP contribution in [-0.4, -0.2) is 163 Å². The van der Waals surface area contributed by atoms with Gasteiger partial charge >= 0.3 is 37.5 Å². The van der Waals surface area contributed by atoms with Crippen molar-refractivity contribution in [1.29, 1.82) is 0 Å². The minimum absolute atomic E-state index is 0.0267. The van der Waals surface area contributed by atoms with Crippen LogP contribution in [0.25, 0.3) is 11.2 Å². The number of hydrogen-bond donors (Lipinski definition) is 12. The first-order valence-corrected chi connectivity index (χ1v) is 25.0. The quantitative estimate of drug-likeness (QED) is 0.0338. The number of phosphoric ester groups is 3. The molecule has 0 saturated carbocycles. The van der Waals surface area contributed by atoms with Gasteiger partial charge in [0.1, 0.15) is 36.3 Å². The normalized spacial score (nSPS) is 20.8. The molecule has 64 heavy (non-hydrogen) atoms. The number of nitrogen functional groups attached to an aromatic ring is 1. The summed E-state index contributed by atoms with van der Waals surface area (Å²) >= 11 is 0.999. The second-order valence-corrected chi connectivity index (χ2v) is 20.4. The molecule has 2 aromatic rings. The molecule has 364 valence electrons. The van der Waals surface area contributed by atoms with Gasteiger partial charge in [-0.25, -0.2) is 33.4 Å². The molecule has 1 aliphatic rings. The number of phosphoric acid groups is 3. The highest BCUT2D eigenvalue weighted by atomic mass is 32.2. The van der Waals surface area contributed by atoms with Gasteiger partial charge in [0.15, 0.2) is 22.8 Å². The molecule has 0 aromatic carbocycles. The molecule has 1 aliphatic heterocycles. The minimum atomic E-state index is -5.57. The van der Waals surface area contributed by atoms with Crippen molar-refractivity contribution < 1.29 is 110 Å². The van der Waals surface area contributed by atoms with E-state index in [0.717, 1.165) is 29.0 Å². The number of aromatic nitrogens is 4. The van der Waals surface area contributed by atoms with Crippen molar-refractivity contribution in [3.63, 3.8) is 0 Å². The summed E-state index contributed by atoms with van der Waals surface area (Å²) < 4.78 is 72.0. The molecule has 0 bridgehead atoms. The van der Waals surface area contributed by atoms with E-state index in [2.05, 4.69) is 34.4 Å². The van der Waals surface area contributed by atoms with Crippen LogP contribution in [0.15, 0.2) is 12.7 Å². The first-order chi connectivity index (χ1) is 29.6. The number of nitrogens with one attached hydrogen (secondary N) is 2. The average molecular weight is 1020 g/mol. The summed E-state index contributed by atoms with van der Waals surface area (Å²) in [4.78, 5) is 107. The Balaban J connectivity index is 0.00000125. The molecule has 1 saturated heterocycles. The molecule has 0 aliphatic carbocycles. The Morgan fingerprint density at radius 3 is 2.27 bits per heavy atom. The maximum atomic E-state index is 12.6. The van der Waals surface area contributed by atoms with Crippen LogP contribution >= 0.6 is 43.3 Å². The van der Waals surface area contributed by atoms with E-state index >= 15 is 0 Å². The molecule has 13 N–H and O–H groups in total. The predicted octanol–water partition coefficient (Wildman–Crippen LogP) is -2.64. The molecule has 9 atom stereocenters. The second kappa shape index (κ2) is 25.8. The van der Waals surface area contributed by atoms with E-state index in [4.69, 9.17) is 34.8 Å². The van der Waals surface area contributed by atoms with Crippen molar-refractivity contribution in [2.45, 2.75) is 75.8 Å². The summed E-state index contributed by atoms with van der Waals surface area (Å²) in [6.07, 6.45) is -6.66. The Kier molecular flexibility index (Phi) is 23.0. The highest BCUT2D eigenvalue weighted by Gasteiger charge is 2.50. The van der Waals surface area contributed by atoms with Crippen molar-refractivity contribution in [3.05, 3.63) is 12.7 Å². The van der Waals surface area contributed by atoms with Gasteiger partial charge < -0.3 is 71.1 Å². The van der Waals surface area contributed by atoms with E-state index in [1.165, 1.54) is 13.8 Å². The van der Waals surface area contributed by atoms with Crippen LogP contribution in [0.2, 0.25) is 0 Å². The molecule has 1 fully saturated rings. The van der Waals surface area contributed by atoms with Gasteiger partial charge in [-0.15, -0.1) is 0 Å². The zero-order valence-corrected chi connectivity index (χ0v) is 38.1. The lowest BCUT2D eigenvalue weighted by atomic mass is 9.87. The van der Waals surface area contributed by atoms with E-state index in [0.29, 0.717) is 12.2 Å². The van der Waals surface area contributed by atoms with E-state index in [9.17, 15) is 72.1 Å². The fraction of sp³-hybridized carbons (Fsp3) is 0.690. The summed E-state index contributed by atoms with van der Waals surface area (Å²) in [6.45, 7) is -0.127. The Morgan fingerprint density at radius 1 is 1.03 bits per heavy atom. The monoisotopic (exact) mass is 1020 g/mol. The van der Waals surface area contributed by atoms with Crippen LogP contribution in [0, 0.1) is 5.41 Å². The van der Waals surface area contributed by atoms with E-state index in [-0.39, 0.29) is 61.1 Å². The first-order valence-electron chi connectivity index (χ1n) is 18.3. The number of ether oxygens (including phenoxy) is 1. The molecular formula is C29H49N7O23P4S. The molecule has 3 heterocycles. The number of aliphatic carboxylic acids is 1. The first kappa shape index (κ1) is 57.1. The zero-order valence-electron chi connectivity index (χ0n) is 33.7. The fourth-order valence-electron chi connectivity index (χ4n) is 5.03. The van der Waals surface area contributed by atoms with Gasteiger partial charge in [0, 0.05) is 56.7 Å². The number of thioether (sulfide) groups is 1. The molecule has 3 rings (SSSR count). The lowest BCUT2D eigenvalue weighted by Crippen LogP contribution is -2.46. The number of carboxylic acid groups (broad SMARTS) is 1. The molecular weight excluding hydrogens is 970 g/mol. The predicted molar refractivity (Wildman–Crippen MR) is 214 cm³/mol. The van der Waals surface area contributed by atoms with Gasteiger partial charge in [-0.3, -0.25) is 32.5 Å². The van der Waals surface area contributed by atoms with Gasteiger partial charge in [-0.1, -0.05) is 30.2 Å². The topological polar surface area (TPSA) is 482 Å². The number of carbonyl (C=O) groups is 4. The Bertz CT molecular complexity index is 2050. The molecule has 0 radical (unpaired) electrons. The third-order valence-corrected chi connectivity index (χ3v) is 13.3. The Hall–Kier alpha value is -2.99. The number of fused-ring (bicyclic) bond motifs is 1. The highest BCUT2D eigenvalue weighted by Crippen LogP contribution is 2.61. The number of nitrogens with two attached hydrogens (primary N) is 1. The van der Waals surface area contributed by atoms with Gasteiger partial charge in [-0.2, -0.15) is 4.31 Å². The lowest BCUT2D eigenvalue weighted by molar-refractivity contribution is -0.169. The van der Waals surface area contributed by atoms with E-state index in [1.807, 2.05) is 0 Å². The van der Waals surface area contributed by atoms with Gasteiger partial charge in [0.2, 0.25) is 11.8 Å². The largest absolute Gasteiger partial charge is 0.595 e. The van der Waals surface area contributed by atoms with Gasteiger partial charge in [-0.05, 0) is 6.42 Å². The number of carbonyl (C=O) groups excluding carboxylic acids is 3. The number of aliphatic hydroxyl groups excluding tert-OH is 4. The van der Waals surface area contributed by atoms with E-state index in [1.54, 1.807) is 0 Å². The van der Waals surface area contributed by atoms with Crippen LogP contribution in [-0.2, 0) is 60.1 Å². The molecule has 2 amide bonds. The summed E-state index contributed by atoms with van der Waals surface area (Å²) in [5, 5.41) is 51.2. The number of imidazole rings is 1. The van der Waals surface area contributed by atoms with Crippen molar-refractivity contribution in [2.75, 3.05) is 51.0 Å². The number of anilines is 1. The van der Waals surface area contributed by atoms with E-state index < -0.39 is 111 Å². The Labute approximate surface area is 367 Å². The van der Waals surface area contributed by atoms with Crippen molar-refractivity contribution in [3.8, 4) is 0 Å². The Morgan fingerprint density at radius 2 is 1.69 bits per heavy atom. The maximum Gasteiger partial charge on any atom is 0.481 e. The third kappa shape index (κ3) is 19.1. The highest BCUT2D eigenvalue weighted by molar-refractivity contribution is 8.13.